The van der Waals surface area contributed by atoms with E-state index in [9.17, 15) is 13.5 Å². The average Bonchev–Trinajstić information content (AvgIpc) is 2.35. The fourth-order valence-electron chi connectivity index (χ4n) is 1.60. The molecule has 4 nitrogen and oxygen atoms in total. The second-order valence-electron chi connectivity index (χ2n) is 3.99. The van der Waals surface area contributed by atoms with Crippen molar-refractivity contribution in [3.05, 3.63) is 53.1 Å². The van der Waals surface area contributed by atoms with Crippen molar-refractivity contribution in [1.82, 2.24) is 0 Å². The number of sulfonamides is 1. The normalized spacial score (nSPS) is 11.3. The summed E-state index contributed by atoms with van der Waals surface area (Å²) in [4.78, 5) is -0.000547. The number of phenolic OH excluding ortho intramolecular Hbond substituents is 1. The lowest BCUT2D eigenvalue weighted by molar-refractivity contribution is 0.471. The standard InChI is InChI=1S/C13H12ClNO3S/c1-9-11(6-4-7-12(9)16)15-19(17,18)13-8-3-2-5-10(13)14/h2-8,15-16H,1H3. The minimum absolute atomic E-state index is 0.000547. The Morgan fingerprint density at radius 3 is 2.47 bits per heavy atom. The van der Waals surface area contributed by atoms with Gasteiger partial charge in [0.2, 0.25) is 0 Å². The van der Waals surface area contributed by atoms with Gasteiger partial charge in [-0.1, -0.05) is 29.8 Å². The number of phenols is 1. The summed E-state index contributed by atoms with van der Waals surface area (Å²) in [7, 11) is -3.78. The average molecular weight is 298 g/mol. The maximum atomic E-state index is 12.2. The van der Waals surface area contributed by atoms with Crippen molar-refractivity contribution in [2.24, 2.45) is 0 Å². The molecule has 0 radical (unpaired) electrons. The molecule has 0 amide bonds. The summed E-state index contributed by atoms with van der Waals surface area (Å²) in [5.41, 5.74) is 0.776. The molecular weight excluding hydrogens is 286 g/mol. The second kappa shape index (κ2) is 5.11. The Hall–Kier alpha value is -1.72. The molecule has 2 rings (SSSR count). The Labute approximate surface area is 116 Å². The van der Waals surface area contributed by atoms with Crippen LogP contribution < -0.4 is 4.72 Å². The van der Waals surface area contributed by atoms with Crippen LogP contribution >= 0.6 is 11.6 Å². The van der Waals surface area contributed by atoms with Crippen LogP contribution in [0.25, 0.3) is 0 Å². The lowest BCUT2D eigenvalue weighted by Crippen LogP contribution is -2.14. The first kappa shape index (κ1) is 13.7. The quantitative estimate of drug-likeness (QED) is 0.914. The molecule has 2 N–H and O–H groups in total. The van der Waals surface area contributed by atoms with Crippen LogP contribution in [0.2, 0.25) is 5.02 Å². The van der Waals surface area contributed by atoms with Crippen LogP contribution in [0.4, 0.5) is 5.69 Å². The first-order valence-electron chi connectivity index (χ1n) is 5.48. The zero-order valence-corrected chi connectivity index (χ0v) is 11.7. The van der Waals surface area contributed by atoms with Gasteiger partial charge in [0.1, 0.15) is 10.6 Å². The van der Waals surface area contributed by atoms with Crippen LogP contribution in [0, 0.1) is 6.92 Å². The van der Waals surface area contributed by atoms with E-state index < -0.39 is 10.0 Å². The molecule has 0 spiro atoms. The number of benzene rings is 2. The van der Waals surface area contributed by atoms with E-state index in [1.54, 1.807) is 31.2 Å². The molecule has 0 bridgehead atoms. The zero-order chi connectivity index (χ0) is 14.0. The van der Waals surface area contributed by atoms with Crippen molar-refractivity contribution in [1.29, 1.82) is 0 Å². The maximum absolute atomic E-state index is 12.2. The zero-order valence-electron chi connectivity index (χ0n) is 10.1. The lowest BCUT2D eigenvalue weighted by atomic mass is 10.2. The summed E-state index contributed by atoms with van der Waals surface area (Å²) in [6.45, 7) is 1.62. The van der Waals surface area contributed by atoms with Crippen LogP contribution in [-0.2, 0) is 10.0 Å². The van der Waals surface area contributed by atoms with Gasteiger partial charge in [-0.15, -0.1) is 0 Å². The smallest absolute Gasteiger partial charge is 0.263 e. The largest absolute Gasteiger partial charge is 0.508 e. The number of rotatable bonds is 3. The van der Waals surface area contributed by atoms with Crippen LogP contribution in [0.1, 0.15) is 5.56 Å². The third-order valence-electron chi connectivity index (χ3n) is 2.68. The summed E-state index contributed by atoms with van der Waals surface area (Å²) in [5.74, 6) is 0.0272. The van der Waals surface area contributed by atoms with Gasteiger partial charge in [0.25, 0.3) is 10.0 Å². The Morgan fingerprint density at radius 2 is 1.79 bits per heavy atom. The van der Waals surface area contributed by atoms with E-state index in [0.29, 0.717) is 11.3 Å². The van der Waals surface area contributed by atoms with Crippen molar-refractivity contribution < 1.29 is 13.5 Å². The molecular formula is C13H12ClNO3S. The van der Waals surface area contributed by atoms with E-state index in [1.807, 2.05) is 0 Å². The van der Waals surface area contributed by atoms with Crippen molar-refractivity contribution >= 4 is 27.3 Å². The number of halogens is 1. The van der Waals surface area contributed by atoms with Crippen molar-refractivity contribution in [2.75, 3.05) is 4.72 Å². The van der Waals surface area contributed by atoms with Gasteiger partial charge in [-0.25, -0.2) is 8.42 Å². The Balaban J connectivity index is 2.43. The molecule has 0 aliphatic carbocycles. The highest BCUT2D eigenvalue weighted by Gasteiger charge is 2.18. The van der Waals surface area contributed by atoms with Gasteiger partial charge in [0, 0.05) is 5.56 Å². The Bertz CT molecular complexity index is 714. The van der Waals surface area contributed by atoms with Crippen molar-refractivity contribution in [3.63, 3.8) is 0 Å². The fourth-order valence-corrected chi connectivity index (χ4v) is 3.24. The molecule has 0 aliphatic heterocycles. The van der Waals surface area contributed by atoms with Gasteiger partial charge in [0.05, 0.1) is 10.7 Å². The van der Waals surface area contributed by atoms with Gasteiger partial charge in [-0.05, 0) is 31.2 Å². The second-order valence-corrected chi connectivity index (χ2v) is 6.04. The minimum atomic E-state index is -3.78. The van der Waals surface area contributed by atoms with E-state index in [1.165, 1.54) is 18.2 Å². The van der Waals surface area contributed by atoms with Gasteiger partial charge < -0.3 is 5.11 Å². The molecule has 0 unspecified atom stereocenters. The number of nitrogens with one attached hydrogen (secondary N) is 1. The molecule has 2 aromatic rings. The first-order chi connectivity index (χ1) is 8.92. The summed E-state index contributed by atoms with van der Waals surface area (Å²) in [6, 6.07) is 10.8. The molecule has 6 heteroatoms. The van der Waals surface area contributed by atoms with E-state index in [0.717, 1.165) is 0 Å². The van der Waals surface area contributed by atoms with E-state index >= 15 is 0 Å². The monoisotopic (exact) mass is 297 g/mol. The molecule has 19 heavy (non-hydrogen) atoms. The molecule has 0 aliphatic rings. The molecule has 0 saturated heterocycles. The number of hydrogen-bond donors (Lipinski definition) is 2. The summed E-state index contributed by atoms with van der Waals surface area (Å²) < 4.78 is 26.8. The number of hydrogen-bond acceptors (Lipinski definition) is 3. The fraction of sp³-hybridized carbons (Fsp3) is 0.0769. The SMILES string of the molecule is Cc1c(O)cccc1NS(=O)(=O)c1ccccc1Cl. The van der Waals surface area contributed by atoms with Crippen LogP contribution in [0.15, 0.2) is 47.4 Å². The minimum Gasteiger partial charge on any atom is -0.508 e. The van der Waals surface area contributed by atoms with Crippen LogP contribution in [0.5, 0.6) is 5.75 Å². The Kier molecular flexibility index (Phi) is 3.68. The highest BCUT2D eigenvalue weighted by Crippen LogP contribution is 2.28. The molecule has 0 saturated carbocycles. The molecule has 0 heterocycles. The van der Waals surface area contributed by atoms with E-state index in [4.69, 9.17) is 11.6 Å². The molecule has 0 aromatic heterocycles. The third-order valence-corrected chi connectivity index (χ3v) is 4.54. The van der Waals surface area contributed by atoms with Crippen LogP contribution in [-0.4, -0.2) is 13.5 Å². The topological polar surface area (TPSA) is 66.4 Å². The van der Waals surface area contributed by atoms with Gasteiger partial charge in [-0.3, -0.25) is 4.72 Å². The maximum Gasteiger partial charge on any atom is 0.263 e. The lowest BCUT2D eigenvalue weighted by Gasteiger charge is -2.12. The predicted molar refractivity (Wildman–Crippen MR) is 75.1 cm³/mol. The molecule has 100 valence electrons. The molecule has 2 aromatic carbocycles. The summed E-state index contributed by atoms with van der Waals surface area (Å²) >= 11 is 5.88. The van der Waals surface area contributed by atoms with E-state index in [-0.39, 0.29) is 15.7 Å². The van der Waals surface area contributed by atoms with Gasteiger partial charge >= 0.3 is 0 Å². The first-order valence-corrected chi connectivity index (χ1v) is 7.34. The number of aromatic hydroxyl groups is 1. The Morgan fingerprint density at radius 1 is 1.11 bits per heavy atom. The van der Waals surface area contributed by atoms with Crippen LogP contribution in [0.3, 0.4) is 0 Å². The highest BCUT2D eigenvalue weighted by atomic mass is 35.5. The van der Waals surface area contributed by atoms with E-state index in [2.05, 4.69) is 4.72 Å². The number of anilines is 1. The predicted octanol–water partition coefficient (Wildman–Crippen LogP) is 3.15. The van der Waals surface area contributed by atoms with Crippen molar-refractivity contribution in [3.8, 4) is 5.75 Å². The third kappa shape index (κ3) is 2.83. The summed E-state index contributed by atoms with van der Waals surface area (Å²) in [6.07, 6.45) is 0. The van der Waals surface area contributed by atoms with Gasteiger partial charge in [-0.2, -0.15) is 0 Å². The summed E-state index contributed by atoms with van der Waals surface area (Å²) in [5, 5.41) is 9.71. The molecule has 0 atom stereocenters. The molecule has 0 fully saturated rings. The van der Waals surface area contributed by atoms with Crippen molar-refractivity contribution in [2.45, 2.75) is 11.8 Å². The van der Waals surface area contributed by atoms with Gasteiger partial charge in [0.15, 0.2) is 0 Å². The highest BCUT2D eigenvalue weighted by molar-refractivity contribution is 7.92.